The Hall–Kier alpha value is -3.14. The fourth-order valence-electron chi connectivity index (χ4n) is 4.61. The summed E-state index contributed by atoms with van der Waals surface area (Å²) in [5, 5.41) is 14.1. The van der Waals surface area contributed by atoms with Gasteiger partial charge in [-0.05, 0) is 48.0 Å². The van der Waals surface area contributed by atoms with Gasteiger partial charge in [0, 0.05) is 0 Å². The van der Waals surface area contributed by atoms with Gasteiger partial charge in [-0.25, -0.2) is 0 Å². The fraction of sp³-hybridized carbons (Fsp3) is 0.471. The molecule has 2 aromatic rings. The van der Waals surface area contributed by atoms with E-state index in [1.807, 2.05) is 0 Å². The minimum Gasteiger partial charge on any atom is -0.293 e. The Morgan fingerprint density at radius 2 is 0.974 bits per heavy atom. The lowest BCUT2D eigenvalue weighted by atomic mass is 10.0. The first-order chi connectivity index (χ1) is 18.8. The molecule has 0 saturated carbocycles. The number of nitrogens with zero attached hydrogens (tertiary/aromatic N) is 4. The smallest absolute Gasteiger partial charge is 0.0553 e. The number of allylic oxidation sites excluding steroid dienone is 2. The van der Waals surface area contributed by atoms with Gasteiger partial charge in [0.15, 0.2) is 0 Å². The van der Waals surface area contributed by atoms with Crippen LogP contribution in [0.5, 0.6) is 0 Å². The molecule has 2 aromatic carbocycles. The molecule has 4 nitrogen and oxygen atoms in total. The zero-order valence-electron chi connectivity index (χ0n) is 23.8. The summed E-state index contributed by atoms with van der Waals surface area (Å²) < 4.78 is 0. The molecule has 3 rings (SSSR count). The quantitative estimate of drug-likeness (QED) is 0.166. The standard InChI is InChI=1S/C34H48N4/c1-3-5-7-11-21-33(27-31-17-13-9-14-18-31)29-35-37-23-25-38(26-24-37)36-30-34(22-12-8-6-4-2)28-32-19-15-10-16-20-32/h9-10,13-20,27-30H,3-8,11-12,21-26H2,1-2H3. The van der Waals surface area contributed by atoms with Crippen molar-refractivity contribution in [3.8, 4) is 0 Å². The largest absolute Gasteiger partial charge is 0.293 e. The second kappa shape index (κ2) is 18.2. The summed E-state index contributed by atoms with van der Waals surface area (Å²) in [7, 11) is 0. The van der Waals surface area contributed by atoms with Crippen LogP contribution in [0.4, 0.5) is 0 Å². The molecular formula is C34H48N4. The van der Waals surface area contributed by atoms with E-state index in [2.05, 4.69) is 109 Å². The molecule has 38 heavy (non-hydrogen) atoms. The molecule has 0 spiro atoms. The van der Waals surface area contributed by atoms with Crippen LogP contribution in [0.1, 0.15) is 89.2 Å². The maximum atomic E-state index is 4.87. The van der Waals surface area contributed by atoms with Crippen molar-refractivity contribution in [2.45, 2.75) is 78.1 Å². The zero-order valence-corrected chi connectivity index (χ0v) is 23.8. The van der Waals surface area contributed by atoms with Gasteiger partial charge in [0.05, 0.1) is 38.6 Å². The lowest BCUT2D eigenvalue weighted by Gasteiger charge is -2.31. The van der Waals surface area contributed by atoms with E-state index in [0.29, 0.717) is 0 Å². The van der Waals surface area contributed by atoms with Crippen molar-refractivity contribution in [2.24, 2.45) is 10.2 Å². The Morgan fingerprint density at radius 3 is 1.34 bits per heavy atom. The van der Waals surface area contributed by atoms with Crippen molar-refractivity contribution in [3.63, 3.8) is 0 Å². The van der Waals surface area contributed by atoms with Crippen molar-refractivity contribution in [2.75, 3.05) is 26.2 Å². The van der Waals surface area contributed by atoms with E-state index in [4.69, 9.17) is 10.2 Å². The van der Waals surface area contributed by atoms with Crippen molar-refractivity contribution >= 4 is 24.6 Å². The second-order valence-corrected chi connectivity index (χ2v) is 10.3. The highest BCUT2D eigenvalue weighted by Gasteiger charge is 2.13. The van der Waals surface area contributed by atoms with Crippen molar-refractivity contribution in [1.82, 2.24) is 10.0 Å². The molecule has 0 unspecified atom stereocenters. The SMILES string of the molecule is CCCCCCC(C=NN1CCN(N=CC(=Cc2ccccc2)CCCCCC)CC1)=Cc1ccccc1. The van der Waals surface area contributed by atoms with Gasteiger partial charge in [-0.15, -0.1) is 0 Å². The fourth-order valence-corrected chi connectivity index (χ4v) is 4.61. The van der Waals surface area contributed by atoms with E-state index < -0.39 is 0 Å². The average Bonchev–Trinajstić information content (AvgIpc) is 2.96. The number of benzene rings is 2. The van der Waals surface area contributed by atoms with Crippen molar-refractivity contribution in [1.29, 1.82) is 0 Å². The van der Waals surface area contributed by atoms with Gasteiger partial charge in [-0.3, -0.25) is 10.0 Å². The number of hydrazone groups is 2. The highest BCUT2D eigenvalue weighted by atomic mass is 15.5. The van der Waals surface area contributed by atoms with Crippen LogP contribution >= 0.6 is 0 Å². The Kier molecular flexibility index (Phi) is 14.1. The Labute approximate surface area is 231 Å². The van der Waals surface area contributed by atoms with Gasteiger partial charge in [-0.1, -0.05) is 125 Å². The molecule has 1 heterocycles. The molecule has 0 atom stereocenters. The first-order valence-electron chi connectivity index (χ1n) is 14.9. The summed E-state index contributed by atoms with van der Waals surface area (Å²) in [6.45, 7) is 8.12. The number of hydrogen-bond acceptors (Lipinski definition) is 4. The van der Waals surface area contributed by atoms with Crippen LogP contribution in [0.2, 0.25) is 0 Å². The predicted octanol–water partition coefficient (Wildman–Crippen LogP) is 8.68. The Bertz CT molecular complexity index is 916. The van der Waals surface area contributed by atoms with Gasteiger partial charge in [-0.2, -0.15) is 10.2 Å². The molecule has 1 aliphatic heterocycles. The Morgan fingerprint density at radius 1 is 0.579 bits per heavy atom. The highest BCUT2D eigenvalue weighted by Crippen LogP contribution is 2.16. The van der Waals surface area contributed by atoms with Gasteiger partial charge < -0.3 is 0 Å². The van der Waals surface area contributed by atoms with E-state index in [9.17, 15) is 0 Å². The van der Waals surface area contributed by atoms with Crippen LogP contribution in [0.15, 0.2) is 82.0 Å². The van der Waals surface area contributed by atoms with Crippen molar-refractivity contribution < 1.29 is 0 Å². The van der Waals surface area contributed by atoms with Crippen LogP contribution in [0, 0.1) is 0 Å². The summed E-state index contributed by atoms with van der Waals surface area (Å²) in [6.07, 6.45) is 21.1. The molecule has 4 heteroatoms. The van der Waals surface area contributed by atoms with Crippen LogP contribution in [-0.2, 0) is 0 Å². The molecule has 204 valence electrons. The molecule has 0 aliphatic carbocycles. The number of hydrogen-bond donors (Lipinski definition) is 0. The first-order valence-corrected chi connectivity index (χ1v) is 14.9. The minimum atomic E-state index is 0.899. The van der Waals surface area contributed by atoms with Crippen LogP contribution in [-0.4, -0.2) is 48.6 Å². The lowest BCUT2D eigenvalue weighted by molar-refractivity contribution is 0.141. The van der Waals surface area contributed by atoms with Crippen LogP contribution in [0.25, 0.3) is 12.2 Å². The summed E-state index contributed by atoms with van der Waals surface area (Å²) in [5.74, 6) is 0. The monoisotopic (exact) mass is 512 g/mol. The second-order valence-electron chi connectivity index (χ2n) is 10.3. The number of unbranched alkanes of at least 4 members (excludes halogenated alkanes) is 6. The normalized spacial score (nSPS) is 15.2. The average molecular weight is 513 g/mol. The zero-order chi connectivity index (χ0) is 26.7. The molecule has 0 bridgehead atoms. The third-order valence-corrected chi connectivity index (χ3v) is 6.95. The van der Waals surface area contributed by atoms with Crippen LogP contribution in [0.3, 0.4) is 0 Å². The molecule has 0 N–H and O–H groups in total. The van der Waals surface area contributed by atoms with E-state index in [1.54, 1.807) is 0 Å². The molecular weight excluding hydrogens is 464 g/mol. The molecule has 1 saturated heterocycles. The number of rotatable bonds is 16. The molecule has 0 radical (unpaired) electrons. The molecule has 0 aromatic heterocycles. The number of piperazine rings is 1. The third kappa shape index (κ3) is 11.9. The Balaban J connectivity index is 1.55. The predicted molar refractivity (Wildman–Crippen MR) is 166 cm³/mol. The maximum Gasteiger partial charge on any atom is 0.0553 e. The van der Waals surface area contributed by atoms with E-state index in [0.717, 1.165) is 39.0 Å². The highest BCUT2D eigenvalue weighted by molar-refractivity contribution is 5.86. The molecule has 1 aliphatic rings. The van der Waals surface area contributed by atoms with E-state index >= 15 is 0 Å². The maximum absolute atomic E-state index is 4.87. The summed E-state index contributed by atoms with van der Waals surface area (Å²) in [4.78, 5) is 0. The van der Waals surface area contributed by atoms with Gasteiger partial charge in [0.25, 0.3) is 0 Å². The van der Waals surface area contributed by atoms with E-state index in [1.165, 1.54) is 73.6 Å². The molecule has 0 amide bonds. The van der Waals surface area contributed by atoms with Crippen molar-refractivity contribution in [3.05, 3.63) is 82.9 Å². The van der Waals surface area contributed by atoms with E-state index in [-0.39, 0.29) is 0 Å². The first kappa shape index (κ1) is 29.4. The summed E-state index contributed by atoms with van der Waals surface area (Å²) in [6, 6.07) is 21.2. The summed E-state index contributed by atoms with van der Waals surface area (Å²) >= 11 is 0. The lowest BCUT2D eigenvalue weighted by Crippen LogP contribution is -2.41. The minimum absolute atomic E-state index is 0.899. The van der Waals surface area contributed by atoms with Gasteiger partial charge in [0.2, 0.25) is 0 Å². The van der Waals surface area contributed by atoms with Gasteiger partial charge in [0.1, 0.15) is 0 Å². The third-order valence-electron chi connectivity index (χ3n) is 6.95. The van der Waals surface area contributed by atoms with Crippen LogP contribution < -0.4 is 0 Å². The van der Waals surface area contributed by atoms with Gasteiger partial charge >= 0.3 is 0 Å². The topological polar surface area (TPSA) is 31.2 Å². The summed E-state index contributed by atoms with van der Waals surface area (Å²) in [5.41, 5.74) is 5.12. The molecule has 1 fully saturated rings.